The average Bonchev–Trinajstić information content (AvgIpc) is 2.42. The van der Waals surface area contributed by atoms with Gasteiger partial charge in [-0.15, -0.1) is 0 Å². The molecule has 1 atom stereocenters. The second-order valence-electron chi connectivity index (χ2n) is 5.29. The van der Waals surface area contributed by atoms with Gasteiger partial charge in [-0.3, -0.25) is 0 Å². The van der Waals surface area contributed by atoms with Gasteiger partial charge in [-0.05, 0) is 37.8 Å². The van der Waals surface area contributed by atoms with Gasteiger partial charge in [0.15, 0.2) is 0 Å². The quantitative estimate of drug-likeness (QED) is 0.831. The fraction of sp³-hybridized carbons (Fsp3) is 0.533. The van der Waals surface area contributed by atoms with Gasteiger partial charge < -0.3 is 15.7 Å². The van der Waals surface area contributed by atoms with Crippen molar-refractivity contribution in [2.75, 3.05) is 17.2 Å². The lowest BCUT2D eigenvalue weighted by Crippen LogP contribution is -2.40. The fourth-order valence-corrected chi connectivity index (χ4v) is 3.00. The van der Waals surface area contributed by atoms with Crippen molar-refractivity contribution in [3.8, 4) is 0 Å². The van der Waals surface area contributed by atoms with E-state index in [-0.39, 0.29) is 11.3 Å². The maximum absolute atomic E-state index is 13.5. The van der Waals surface area contributed by atoms with E-state index in [2.05, 4.69) is 11.8 Å². The van der Waals surface area contributed by atoms with Crippen molar-refractivity contribution < 1.29 is 14.3 Å². The Kier molecular flexibility index (Phi) is 4.47. The van der Waals surface area contributed by atoms with Crippen LogP contribution in [0.15, 0.2) is 12.1 Å². The number of carboxylic acid groups (broad SMARTS) is 1. The first-order chi connectivity index (χ1) is 9.56. The van der Waals surface area contributed by atoms with Gasteiger partial charge in [-0.2, -0.15) is 0 Å². The number of anilines is 2. The number of nitrogen functional groups attached to an aromatic ring is 1. The standard InChI is InChI=1S/C15H21FN2O2/c1-2-5-10-6-3-4-9-18(10)12-8-7-11(16)14(17)13(12)15(19)20/h7-8,10H,2-6,9,17H2,1H3,(H,19,20). The Balaban J connectivity index is 2.44. The van der Waals surface area contributed by atoms with Crippen molar-refractivity contribution in [2.45, 2.75) is 45.1 Å². The largest absolute Gasteiger partial charge is 0.478 e. The monoisotopic (exact) mass is 280 g/mol. The zero-order valence-electron chi connectivity index (χ0n) is 11.7. The van der Waals surface area contributed by atoms with Gasteiger partial charge in [0.2, 0.25) is 0 Å². The van der Waals surface area contributed by atoms with Gasteiger partial charge in [0.25, 0.3) is 0 Å². The first-order valence-electron chi connectivity index (χ1n) is 7.14. The Morgan fingerprint density at radius 1 is 1.50 bits per heavy atom. The highest BCUT2D eigenvalue weighted by Crippen LogP contribution is 2.33. The third kappa shape index (κ3) is 2.71. The lowest BCUT2D eigenvalue weighted by molar-refractivity contribution is 0.0698. The normalized spacial score (nSPS) is 19.1. The molecule has 0 amide bonds. The molecular formula is C15H21FN2O2. The summed E-state index contributed by atoms with van der Waals surface area (Å²) in [5, 5.41) is 9.34. The second-order valence-corrected chi connectivity index (χ2v) is 5.29. The smallest absolute Gasteiger partial charge is 0.340 e. The predicted molar refractivity (Wildman–Crippen MR) is 77.7 cm³/mol. The summed E-state index contributed by atoms with van der Waals surface area (Å²) in [7, 11) is 0. The predicted octanol–water partition coefficient (Wildman–Crippen LogP) is 3.27. The highest BCUT2D eigenvalue weighted by molar-refractivity contribution is 6.00. The van der Waals surface area contributed by atoms with Gasteiger partial charge in [-0.1, -0.05) is 13.3 Å². The molecule has 4 nitrogen and oxygen atoms in total. The average molecular weight is 280 g/mol. The molecule has 1 aromatic carbocycles. The number of benzene rings is 1. The van der Waals surface area contributed by atoms with Crippen molar-refractivity contribution in [1.29, 1.82) is 0 Å². The fourth-order valence-electron chi connectivity index (χ4n) is 3.00. The van der Waals surface area contributed by atoms with E-state index < -0.39 is 11.8 Å². The van der Waals surface area contributed by atoms with Crippen molar-refractivity contribution >= 4 is 17.3 Å². The third-order valence-corrected chi connectivity index (χ3v) is 3.94. The highest BCUT2D eigenvalue weighted by Gasteiger charge is 2.27. The van der Waals surface area contributed by atoms with E-state index in [1.54, 1.807) is 6.07 Å². The first kappa shape index (κ1) is 14.6. The number of carbonyl (C=O) groups is 1. The lowest BCUT2D eigenvalue weighted by Gasteiger charge is -2.38. The number of halogens is 1. The number of aromatic carboxylic acids is 1. The van der Waals surface area contributed by atoms with Gasteiger partial charge in [0.05, 0.1) is 11.4 Å². The van der Waals surface area contributed by atoms with Crippen LogP contribution in [0.5, 0.6) is 0 Å². The van der Waals surface area contributed by atoms with E-state index >= 15 is 0 Å². The van der Waals surface area contributed by atoms with E-state index in [1.807, 2.05) is 0 Å². The topological polar surface area (TPSA) is 66.6 Å². The summed E-state index contributed by atoms with van der Waals surface area (Å²) in [5.74, 6) is -1.84. The van der Waals surface area contributed by atoms with E-state index in [1.165, 1.54) is 6.07 Å². The highest BCUT2D eigenvalue weighted by atomic mass is 19.1. The molecule has 1 fully saturated rings. The molecule has 1 heterocycles. The molecule has 1 aromatic rings. The summed E-state index contributed by atoms with van der Waals surface area (Å²) in [5.41, 5.74) is 5.81. The SMILES string of the molecule is CCCC1CCCCN1c1ccc(F)c(N)c1C(=O)O. The van der Waals surface area contributed by atoms with E-state index in [9.17, 15) is 14.3 Å². The molecule has 0 radical (unpaired) electrons. The van der Waals surface area contributed by atoms with Crippen LogP contribution in [0.1, 0.15) is 49.4 Å². The zero-order valence-corrected chi connectivity index (χ0v) is 11.7. The van der Waals surface area contributed by atoms with E-state index in [0.29, 0.717) is 11.7 Å². The van der Waals surface area contributed by atoms with Crippen molar-refractivity contribution in [1.82, 2.24) is 0 Å². The van der Waals surface area contributed by atoms with Gasteiger partial charge in [0, 0.05) is 12.6 Å². The molecular weight excluding hydrogens is 259 g/mol. The number of hydrogen-bond acceptors (Lipinski definition) is 3. The molecule has 0 aliphatic carbocycles. The summed E-state index contributed by atoms with van der Waals surface area (Å²) in [6, 6.07) is 3.12. The van der Waals surface area contributed by atoms with Crippen LogP contribution in [0, 0.1) is 5.82 Å². The molecule has 1 saturated heterocycles. The Morgan fingerprint density at radius 3 is 2.90 bits per heavy atom. The minimum absolute atomic E-state index is 0.104. The molecule has 0 spiro atoms. The van der Waals surface area contributed by atoms with E-state index in [4.69, 9.17) is 5.73 Å². The summed E-state index contributed by atoms with van der Waals surface area (Å²) >= 11 is 0. The molecule has 110 valence electrons. The van der Waals surface area contributed by atoms with Crippen LogP contribution in [0.25, 0.3) is 0 Å². The van der Waals surface area contributed by atoms with Crippen LogP contribution in [0.2, 0.25) is 0 Å². The Hall–Kier alpha value is -1.78. The molecule has 20 heavy (non-hydrogen) atoms. The molecule has 3 N–H and O–H groups in total. The van der Waals surface area contributed by atoms with Crippen LogP contribution in [0.3, 0.4) is 0 Å². The third-order valence-electron chi connectivity index (χ3n) is 3.94. The number of hydrogen-bond donors (Lipinski definition) is 2. The first-order valence-corrected chi connectivity index (χ1v) is 7.14. The minimum Gasteiger partial charge on any atom is -0.478 e. The molecule has 0 bridgehead atoms. The lowest BCUT2D eigenvalue weighted by atomic mass is 9.96. The van der Waals surface area contributed by atoms with E-state index in [0.717, 1.165) is 38.6 Å². The summed E-state index contributed by atoms with van der Waals surface area (Å²) in [6.45, 7) is 2.92. The van der Waals surface area contributed by atoms with Crippen LogP contribution in [-0.2, 0) is 0 Å². The van der Waals surface area contributed by atoms with Crippen molar-refractivity contribution in [2.24, 2.45) is 0 Å². The maximum Gasteiger partial charge on any atom is 0.340 e. The molecule has 1 unspecified atom stereocenters. The zero-order chi connectivity index (χ0) is 14.7. The van der Waals surface area contributed by atoms with Gasteiger partial charge in [0.1, 0.15) is 11.4 Å². The summed E-state index contributed by atoms with van der Waals surface area (Å²) in [4.78, 5) is 13.5. The van der Waals surface area contributed by atoms with Crippen LogP contribution in [0.4, 0.5) is 15.8 Å². The van der Waals surface area contributed by atoms with Crippen LogP contribution < -0.4 is 10.6 Å². The maximum atomic E-state index is 13.5. The van der Waals surface area contributed by atoms with Gasteiger partial charge >= 0.3 is 5.97 Å². The summed E-state index contributed by atoms with van der Waals surface area (Å²) < 4.78 is 13.5. The molecule has 2 rings (SSSR count). The number of nitrogens with zero attached hydrogens (tertiary/aromatic N) is 1. The number of nitrogens with two attached hydrogens (primary N) is 1. The number of carboxylic acids is 1. The molecule has 0 aromatic heterocycles. The Morgan fingerprint density at radius 2 is 2.25 bits per heavy atom. The minimum atomic E-state index is -1.17. The molecule has 1 aliphatic rings. The molecule has 1 aliphatic heterocycles. The van der Waals surface area contributed by atoms with Crippen molar-refractivity contribution in [3.63, 3.8) is 0 Å². The number of rotatable bonds is 4. The van der Waals surface area contributed by atoms with Crippen LogP contribution >= 0.6 is 0 Å². The summed E-state index contributed by atoms with van der Waals surface area (Å²) in [6.07, 6.45) is 5.28. The molecule has 5 heteroatoms. The Labute approximate surface area is 118 Å². The van der Waals surface area contributed by atoms with Crippen molar-refractivity contribution in [3.05, 3.63) is 23.5 Å². The molecule has 0 saturated carbocycles. The number of piperidine rings is 1. The van der Waals surface area contributed by atoms with Gasteiger partial charge in [-0.25, -0.2) is 9.18 Å². The second kappa shape index (κ2) is 6.11. The van der Waals surface area contributed by atoms with Crippen LogP contribution in [-0.4, -0.2) is 23.7 Å². The Bertz CT molecular complexity index is 503.